The van der Waals surface area contributed by atoms with Crippen molar-refractivity contribution in [2.75, 3.05) is 0 Å². The summed E-state index contributed by atoms with van der Waals surface area (Å²) in [6.45, 7) is 1.90. The Balaban J connectivity index is 1.52. The summed E-state index contributed by atoms with van der Waals surface area (Å²) in [5, 5.41) is 0.625. The van der Waals surface area contributed by atoms with Crippen LogP contribution >= 0.6 is 11.6 Å². The monoisotopic (exact) mass is 475 g/mol. The van der Waals surface area contributed by atoms with Crippen LogP contribution in [-0.2, 0) is 14.3 Å². The maximum absolute atomic E-state index is 13.6. The quantitative estimate of drug-likeness (QED) is 0.457. The third-order valence-corrected chi connectivity index (χ3v) is 7.73. The van der Waals surface area contributed by atoms with E-state index in [4.69, 9.17) is 21.3 Å². The van der Waals surface area contributed by atoms with E-state index in [2.05, 4.69) is 12.1 Å². The fraction of sp³-hybridized carbons (Fsp3) is 0.414. The number of allylic oxidation sites excluding steroid dienone is 2. The molecule has 3 atom stereocenters. The number of esters is 1. The van der Waals surface area contributed by atoms with Crippen LogP contribution in [0.2, 0.25) is 5.02 Å². The molecule has 1 fully saturated rings. The van der Waals surface area contributed by atoms with Crippen LogP contribution in [0, 0.1) is 5.92 Å². The summed E-state index contributed by atoms with van der Waals surface area (Å²) in [7, 11) is 0. The minimum Gasteiger partial charge on any atom is -0.462 e. The normalized spacial score (nSPS) is 25.5. The minimum atomic E-state index is -0.598. The Bertz CT molecular complexity index is 1130. The predicted molar refractivity (Wildman–Crippen MR) is 134 cm³/mol. The molecule has 5 heteroatoms. The predicted octanol–water partition coefficient (Wildman–Crippen LogP) is 6.79. The summed E-state index contributed by atoms with van der Waals surface area (Å²) >= 11 is 6.17. The number of rotatable bonds is 4. The molecule has 0 spiro atoms. The third-order valence-electron chi connectivity index (χ3n) is 7.48. The van der Waals surface area contributed by atoms with E-state index >= 15 is 0 Å². The first-order valence-corrected chi connectivity index (χ1v) is 12.7. The largest absolute Gasteiger partial charge is 0.462 e. The van der Waals surface area contributed by atoms with Gasteiger partial charge in [-0.1, -0.05) is 60.5 Å². The lowest BCUT2D eigenvalue weighted by Gasteiger charge is -2.37. The number of aliphatic imine (C=N–C) groups is 1. The van der Waals surface area contributed by atoms with E-state index in [0.717, 1.165) is 48.2 Å². The van der Waals surface area contributed by atoms with Crippen molar-refractivity contribution in [3.8, 4) is 0 Å². The summed E-state index contributed by atoms with van der Waals surface area (Å²) in [5.74, 6) is -1.09. The molecule has 1 saturated carbocycles. The summed E-state index contributed by atoms with van der Waals surface area (Å²) in [6.07, 6.45) is 6.26. The van der Waals surface area contributed by atoms with Crippen LogP contribution in [0.1, 0.15) is 74.8 Å². The fourth-order valence-electron chi connectivity index (χ4n) is 5.78. The molecule has 5 rings (SSSR count). The number of carbonyl (C=O) groups excluding carboxylic acids is 2. The fourth-order valence-corrected chi connectivity index (χ4v) is 5.90. The Morgan fingerprint density at radius 3 is 2.35 bits per heavy atom. The van der Waals surface area contributed by atoms with Crippen molar-refractivity contribution in [3.63, 3.8) is 0 Å². The van der Waals surface area contributed by atoms with Gasteiger partial charge in [-0.05, 0) is 68.2 Å². The Kier molecular flexibility index (Phi) is 6.69. The molecular weight excluding hydrogens is 446 g/mol. The Morgan fingerprint density at radius 1 is 0.941 bits per heavy atom. The Hall–Kier alpha value is -2.72. The van der Waals surface area contributed by atoms with Gasteiger partial charge < -0.3 is 4.74 Å². The number of halogens is 1. The van der Waals surface area contributed by atoms with E-state index in [-0.39, 0.29) is 23.8 Å². The maximum atomic E-state index is 13.6. The van der Waals surface area contributed by atoms with Crippen molar-refractivity contribution in [2.24, 2.45) is 10.9 Å². The van der Waals surface area contributed by atoms with Crippen LogP contribution in [0.3, 0.4) is 0 Å². The van der Waals surface area contributed by atoms with Gasteiger partial charge in [0.05, 0.1) is 0 Å². The van der Waals surface area contributed by atoms with Gasteiger partial charge in [0.15, 0.2) is 5.78 Å². The van der Waals surface area contributed by atoms with Crippen molar-refractivity contribution in [1.82, 2.24) is 0 Å². The molecule has 1 aliphatic heterocycles. The van der Waals surface area contributed by atoms with Crippen molar-refractivity contribution in [2.45, 2.75) is 69.8 Å². The van der Waals surface area contributed by atoms with Crippen LogP contribution in [0.15, 0.2) is 70.9 Å². The topological polar surface area (TPSA) is 55.7 Å². The molecule has 0 bridgehead atoms. The molecular formula is C29H30ClNO3. The van der Waals surface area contributed by atoms with Crippen molar-refractivity contribution in [1.29, 1.82) is 0 Å². The highest BCUT2D eigenvalue weighted by Crippen LogP contribution is 2.47. The summed E-state index contributed by atoms with van der Waals surface area (Å²) in [4.78, 5) is 32.0. The Labute approximate surface area is 206 Å². The summed E-state index contributed by atoms with van der Waals surface area (Å²) in [6, 6.07) is 17.6. The van der Waals surface area contributed by atoms with Crippen molar-refractivity contribution in [3.05, 3.63) is 82.0 Å². The van der Waals surface area contributed by atoms with Crippen LogP contribution in [-0.4, -0.2) is 23.6 Å². The second kappa shape index (κ2) is 9.87. The van der Waals surface area contributed by atoms with Gasteiger partial charge in [-0.25, -0.2) is 0 Å². The first-order valence-electron chi connectivity index (χ1n) is 12.3. The van der Waals surface area contributed by atoms with E-state index in [0.29, 0.717) is 23.4 Å². The average molecular weight is 476 g/mol. The van der Waals surface area contributed by atoms with E-state index < -0.39 is 11.8 Å². The van der Waals surface area contributed by atoms with Crippen molar-refractivity contribution >= 4 is 29.1 Å². The minimum absolute atomic E-state index is 0.0418. The summed E-state index contributed by atoms with van der Waals surface area (Å²) in [5.41, 5.74) is 4.26. The molecule has 2 aromatic carbocycles. The van der Waals surface area contributed by atoms with Gasteiger partial charge in [0.1, 0.15) is 12.0 Å². The smallest absolute Gasteiger partial charge is 0.315 e. The number of carbonyl (C=O) groups is 2. The highest BCUT2D eigenvalue weighted by Gasteiger charge is 2.45. The first-order chi connectivity index (χ1) is 16.5. The SMILES string of the molecule is CC1=NC2=C(C(=O)C[C@H](c3ccccc3)C2)[C@@H](c2ccc(Cl)cc2)C1C(=O)OC1CCCCC1. The number of ketones is 1. The molecule has 0 radical (unpaired) electrons. The highest BCUT2D eigenvalue weighted by atomic mass is 35.5. The standard InChI is InChI=1S/C29H30ClNO3/c1-18-26(29(33)34-23-10-6-3-7-11-23)27(20-12-14-22(30)15-13-20)28-24(31-18)16-21(17-25(28)32)19-8-4-2-5-9-19/h2,4-5,8-9,12-15,21,23,26-27H,3,6-7,10-11,16-17H2,1H3/t21-,26?,27+/m1/s1. The lowest BCUT2D eigenvalue weighted by atomic mass is 9.69. The molecule has 0 aromatic heterocycles. The molecule has 1 unspecified atom stereocenters. The molecule has 1 heterocycles. The number of Topliss-reactive ketones (excluding diaryl/α,β-unsaturated/α-hetero) is 1. The molecule has 0 amide bonds. The van der Waals surface area contributed by atoms with E-state index in [1.807, 2.05) is 49.4 Å². The van der Waals surface area contributed by atoms with Crippen LogP contribution in [0.5, 0.6) is 0 Å². The van der Waals surface area contributed by atoms with Gasteiger partial charge >= 0.3 is 5.97 Å². The van der Waals surface area contributed by atoms with Gasteiger partial charge in [0, 0.05) is 34.3 Å². The number of hydrogen-bond acceptors (Lipinski definition) is 4. The first kappa shape index (κ1) is 23.0. The maximum Gasteiger partial charge on any atom is 0.315 e. The lowest BCUT2D eigenvalue weighted by Crippen LogP contribution is -2.39. The Morgan fingerprint density at radius 2 is 1.65 bits per heavy atom. The van der Waals surface area contributed by atoms with Crippen LogP contribution in [0.25, 0.3) is 0 Å². The lowest BCUT2D eigenvalue weighted by molar-refractivity contribution is -0.153. The van der Waals surface area contributed by atoms with Gasteiger partial charge in [-0.15, -0.1) is 0 Å². The van der Waals surface area contributed by atoms with E-state index in [9.17, 15) is 9.59 Å². The molecule has 4 nitrogen and oxygen atoms in total. The third kappa shape index (κ3) is 4.61. The zero-order valence-corrected chi connectivity index (χ0v) is 20.3. The van der Waals surface area contributed by atoms with Gasteiger partial charge in [-0.3, -0.25) is 14.6 Å². The van der Waals surface area contributed by atoms with Gasteiger partial charge in [0.25, 0.3) is 0 Å². The molecule has 0 saturated heterocycles. The summed E-state index contributed by atoms with van der Waals surface area (Å²) < 4.78 is 6.00. The van der Waals surface area contributed by atoms with Gasteiger partial charge in [-0.2, -0.15) is 0 Å². The van der Waals surface area contributed by atoms with E-state index in [1.165, 1.54) is 6.42 Å². The molecule has 34 heavy (non-hydrogen) atoms. The average Bonchev–Trinajstić information content (AvgIpc) is 2.84. The second-order valence-electron chi connectivity index (χ2n) is 9.76. The molecule has 2 aliphatic carbocycles. The van der Waals surface area contributed by atoms with Crippen LogP contribution in [0.4, 0.5) is 0 Å². The van der Waals surface area contributed by atoms with Crippen LogP contribution < -0.4 is 0 Å². The molecule has 176 valence electrons. The molecule has 2 aromatic rings. The highest BCUT2D eigenvalue weighted by molar-refractivity contribution is 6.30. The van der Waals surface area contributed by atoms with Gasteiger partial charge in [0.2, 0.25) is 0 Å². The number of benzene rings is 2. The number of nitrogens with zero attached hydrogens (tertiary/aromatic N) is 1. The zero-order valence-electron chi connectivity index (χ0n) is 19.5. The number of ether oxygens (including phenoxy) is 1. The van der Waals surface area contributed by atoms with E-state index in [1.54, 1.807) is 0 Å². The number of hydrogen-bond donors (Lipinski definition) is 0. The van der Waals surface area contributed by atoms with Crippen molar-refractivity contribution < 1.29 is 14.3 Å². The molecule has 3 aliphatic rings. The zero-order chi connectivity index (χ0) is 23.7. The molecule has 0 N–H and O–H groups in total. The second-order valence-corrected chi connectivity index (χ2v) is 10.2.